The quantitative estimate of drug-likeness (QED) is 0.0426. The molecule has 0 bridgehead atoms. The van der Waals surface area contributed by atoms with Gasteiger partial charge in [0.2, 0.25) is 6.29 Å². The number of aldehydes is 1. The fraction of sp³-hybridized carbons (Fsp3) is 0.231. The van der Waals surface area contributed by atoms with Gasteiger partial charge in [0.25, 0.3) is 0 Å². The predicted octanol–water partition coefficient (Wildman–Crippen LogP) is 2.79. The maximum absolute atomic E-state index is 14.5. The van der Waals surface area contributed by atoms with Crippen LogP contribution < -0.4 is 20.9 Å². The topological polar surface area (TPSA) is 229 Å². The lowest BCUT2D eigenvalue weighted by Crippen LogP contribution is -2.58. The average molecular weight is 709 g/mol. The Morgan fingerprint density at radius 3 is 2.25 bits per heavy atom. The van der Waals surface area contributed by atoms with Gasteiger partial charge in [-0.2, -0.15) is 0 Å². The van der Waals surface area contributed by atoms with Crippen molar-refractivity contribution in [3.63, 3.8) is 0 Å². The molecule has 0 saturated carbocycles. The molecule has 5 unspecified atom stereocenters. The third-order valence-electron chi connectivity index (χ3n) is 9.14. The van der Waals surface area contributed by atoms with Crippen molar-refractivity contribution in [1.29, 1.82) is 0 Å². The summed E-state index contributed by atoms with van der Waals surface area (Å²) < 4.78 is 17.1. The molecule has 13 nitrogen and oxygen atoms in total. The first-order chi connectivity index (χ1) is 24.8. The second kappa shape index (κ2) is 14.6. The first-order valence-electron chi connectivity index (χ1n) is 16.3. The molecule has 4 aromatic carbocycles. The second-order valence-electron chi connectivity index (χ2n) is 12.6. The van der Waals surface area contributed by atoms with E-state index < -0.39 is 60.2 Å². The van der Waals surface area contributed by atoms with Gasteiger partial charge >= 0.3 is 5.97 Å². The van der Waals surface area contributed by atoms with Gasteiger partial charge in [-0.05, 0) is 47.9 Å². The van der Waals surface area contributed by atoms with E-state index in [9.17, 15) is 39.6 Å². The summed E-state index contributed by atoms with van der Waals surface area (Å²) in [6.07, 6.45) is -5.02. The summed E-state index contributed by atoms with van der Waals surface area (Å²) in [5.41, 5.74) is 12.6. The highest BCUT2D eigenvalue weighted by Crippen LogP contribution is 2.44. The third-order valence-corrected chi connectivity index (χ3v) is 9.14. The number of phenols is 1. The molecule has 5 atom stereocenters. The summed E-state index contributed by atoms with van der Waals surface area (Å²) >= 11 is 0. The number of rotatable bonds is 9. The number of ether oxygens (including phenoxy) is 3. The van der Waals surface area contributed by atoms with Crippen LogP contribution in [0.4, 0.5) is 0 Å². The monoisotopic (exact) mass is 708 g/mol. The Balaban J connectivity index is 1.55. The van der Waals surface area contributed by atoms with Crippen LogP contribution in [0, 0.1) is 0 Å². The molecule has 1 aliphatic carbocycles. The SMILES string of the molecule is CC(=O)Oc1ccc2c(c1C=Cc1ccccc1)C(=O)c1cc(OC3OC(C)C(O)C(O)C3O)c(Cc3cccc(C(N)N)c3C=O)c(O)c1C2=O. The number of carbonyl (C=O) groups is 4. The van der Waals surface area contributed by atoms with Crippen molar-refractivity contribution >= 4 is 36.0 Å². The van der Waals surface area contributed by atoms with Gasteiger partial charge in [-0.25, -0.2) is 0 Å². The Labute approximate surface area is 297 Å². The second-order valence-corrected chi connectivity index (χ2v) is 12.6. The van der Waals surface area contributed by atoms with E-state index >= 15 is 0 Å². The van der Waals surface area contributed by atoms with Gasteiger partial charge in [0.15, 0.2) is 17.9 Å². The first-order valence-corrected chi connectivity index (χ1v) is 16.3. The van der Waals surface area contributed by atoms with E-state index in [2.05, 4.69) is 0 Å². The fourth-order valence-electron chi connectivity index (χ4n) is 6.47. The van der Waals surface area contributed by atoms with Crippen molar-refractivity contribution < 1.29 is 53.8 Å². The Morgan fingerprint density at radius 1 is 0.865 bits per heavy atom. The summed E-state index contributed by atoms with van der Waals surface area (Å²) in [6, 6.07) is 17.7. The highest BCUT2D eigenvalue weighted by molar-refractivity contribution is 6.31. The highest BCUT2D eigenvalue weighted by Gasteiger charge is 2.44. The molecule has 1 fully saturated rings. The minimum absolute atomic E-state index is 0.0139. The zero-order valence-corrected chi connectivity index (χ0v) is 28.1. The number of ketones is 2. The number of hydrogen-bond acceptors (Lipinski definition) is 13. The van der Waals surface area contributed by atoms with Crippen LogP contribution in [0.5, 0.6) is 17.2 Å². The van der Waals surface area contributed by atoms with Gasteiger partial charge < -0.3 is 46.1 Å². The van der Waals surface area contributed by atoms with E-state index in [0.717, 1.165) is 5.56 Å². The van der Waals surface area contributed by atoms with Crippen molar-refractivity contribution in [1.82, 2.24) is 0 Å². The lowest BCUT2D eigenvalue weighted by molar-refractivity contribution is -0.268. The predicted molar refractivity (Wildman–Crippen MR) is 187 cm³/mol. The summed E-state index contributed by atoms with van der Waals surface area (Å²) in [5.74, 6) is -2.99. The van der Waals surface area contributed by atoms with Crippen molar-refractivity contribution in [2.24, 2.45) is 11.5 Å². The van der Waals surface area contributed by atoms with Gasteiger partial charge in [0, 0.05) is 46.7 Å². The highest BCUT2D eigenvalue weighted by atomic mass is 16.7. The number of aromatic hydroxyl groups is 1. The maximum atomic E-state index is 14.5. The molecule has 13 heteroatoms. The molecule has 0 radical (unpaired) electrons. The number of nitrogens with two attached hydrogens (primary N) is 2. The molecular formula is C39H36N2O11. The van der Waals surface area contributed by atoms with Crippen molar-refractivity contribution in [3.8, 4) is 17.2 Å². The Bertz CT molecular complexity index is 2110. The number of aliphatic hydroxyl groups is 3. The number of esters is 1. The van der Waals surface area contributed by atoms with E-state index in [1.807, 2.05) is 30.3 Å². The van der Waals surface area contributed by atoms with E-state index in [0.29, 0.717) is 17.4 Å². The average Bonchev–Trinajstić information content (AvgIpc) is 3.12. The van der Waals surface area contributed by atoms with Crippen LogP contribution in [0.3, 0.4) is 0 Å². The zero-order chi connectivity index (χ0) is 37.4. The molecule has 4 aromatic rings. The van der Waals surface area contributed by atoms with Gasteiger partial charge in [-0.15, -0.1) is 0 Å². The van der Waals surface area contributed by atoms with E-state index in [1.165, 1.54) is 32.0 Å². The van der Waals surface area contributed by atoms with Gasteiger partial charge in [-0.1, -0.05) is 54.6 Å². The number of benzene rings is 4. The number of hydrogen-bond donors (Lipinski definition) is 6. The standard InChI is InChI=1S/C39H36N2O11/c1-18-32(44)36(48)37(49)39(50-18)52-29-16-26-31(34(46)25(29)15-21-9-6-10-22(38(40)41)27(21)17-42)33(45)24-13-14-28(51-19(2)43)23(30(24)35(26)47)12-11-20-7-4-3-5-8-20/h3-14,16-18,32,36-39,44,46,48-49H,15,40-41H2,1-2H3. The van der Waals surface area contributed by atoms with Crippen LogP contribution in [0.2, 0.25) is 0 Å². The molecular weight excluding hydrogens is 672 g/mol. The lowest BCUT2D eigenvalue weighted by atomic mass is 9.79. The van der Waals surface area contributed by atoms with Crippen molar-refractivity contribution in [3.05, 3.63) is 122 Å². The van der Waals surface area contributed by atoms with Crippen LogP contribution in [0.25, 0.3) is 12.2 Å². The van der Waals surface area contributed by atoms with Crippen molar-refractivity contribution in [2.45, 2.75) is 57.1 Å². The van der Waals surface area contributed by atoms with Crippen LogP contribution >= 0.6 is 0 Å². The smallest absolute Gasteiger partial charge is 0.308 e. The normalized spacial score (nSPS) is 21.2. The van der Waals surface area contributed by atoms with E-state index in [-0.39, 0.29) is 56.9 Å². The van der Waals surface area contributed by atoms with Gasteiger partial charge in [0.05, 0.1) is 17.8 Å². The molecule has 52 heavy (non-hydrogen) atoms. The van der Waals surface area contributed by atoms with E-state index in [1.54, 1.807) is 30.4 Å². The molecule has 1 aliphatic heterocycles. The molecule has 1 saturated heterocycles. The molecule has 8 N–H and O–H groups in total. The first kappa shape index (κ1) is 36.3. The Morgan fingerprint density at radius 2 is 1.58 bits per heavy atom. The lowest BCUT2D eigenvalue weighted by Gasteiger charge is -2.39. The molecule has 268 valence electrons. The summed E-state index contributed by atoms with van der Waals surface area (Å²) in [5, 5.41) is 43.5. The van der Waals surface area contributed by atoms with Crippen LogP contribution in [0.1, 0.15) is 90.0 Å². The van der Waals surface area contributed by atoms with Crippen LogP contribution in [-0.4, -0.2) is 75.0 Å². The number of aliphatic hydroxyl groups excluding tert-OH is 3. The number of carbonyl (C=O) groups excluding carboxylic acids is 4. The Hall–Kier alpha value is -5.54. The van der Waals surface area contributed by atoms with Gasteiger partial charge in [-0.3, -0.25) is 19.2 Å². The van der Waals surface area contributed by atoms with Gasteiger partial charge in [0.1, 0.15) is 35.6 Å². The fourth-order valence-corrected chi connectivity index (χ4v) is 6.47. The van der Waals surface area contributed by atoms with Crippen LogP contribution in [0.15, 0.2) is 66.7 Å². The molecule has 6 rings (SSSR count). The summed E-state index contributed by atoms with van der Waals surface area (Å²) in [7, 11) is 0. The van der Waals surface area contributed by atoms with Crippen LogP contribution in [-0.2, 0) is 16.0 Å². The minimum atomic E-state index is -1.78. The molecule has 0 aromatic heterocycles. The molecule has 2 aliphatic rings. The summed E-state index contributed by atoms with van der Waals surface area (Å²) in [4.78, 5) is 53.1. The molecule has 1 heterocycles. The Kier molecular flexibility index (Phi) is 10.2. The van der Waals surface area contributed by atoms with Crippen molar-refractivity contribution in [2.75, 3.05) is 0 Å². The maximum Gasteiger partial charge on any atom is 0.308 e. The molecule has 0 spiro atoms. The van der Waals surface area contributed by atoms with E-state index in [4.69, 9.17) is 25.7 Å². The minimum Gasteiger partial charge on any atom is -0.507 e. The number of phenolic OH excluding ortho intramolecular Hbond substituents is 1. The number of fused-ring (bicyclic) bond motifs is 2. The third kappa shape index (κ3) is 6.64. The zero-order valence-electron chi connectivity index (χ0n) is 28.1. The molecule has 0 amide bonds. The largest absolute Gasteiger partial charge is 0.507 e. The summed E-state index contributed by atoms with van der Waals surface area (Å²) in [6.45, 7) is 2.64.